The molecular formula is C21H20ClNO5S. The van der Waals surface area contributed by atoms with E-state index in [2.05, 4.69) is 25.8 Å². The SMILES string of the molecule is CC(C)(C)c1ccc(C2=N/C(=C/c3cc(Cl)ccc3OS(C)(=O)=O)C(=O)O2)cc1. The van der Waals surface area contributed by atoms with Crippen LogP contribution < -0.4 is 4.18 Å². The van der Waals surface area contributed by atoms with Crippen molar-refractivity contribution in [1.82, 2.24) is 0 Å². The molecule has 6 nitrogen and oxygen atoms in total. The topological polar surface area (TPSA) is 82.0 Å². The Bertz CT molecular complexity index is 1130. The van der Waals surface area contributed by atoms with Crippen molar-refractivity contribution in [3.05, 3.63) is 69.9 Å². The Kier molecular flexibility index (Phi) is 5.56. The summed E-state index contributed by atoms with van der Waals surface area (Å²) < 4.78 is 33.2. The van der Waals surface area contributed by atoms with Crippen LogP contribution in [-0.4, -0.2) is 26.5 Å². The molecule has 0 aliphatic carbocycles. The minimum Gasteiger partial charge on any atom is -0.402 e. The molecule has 0 saturated carbocycles. The smallest absolute Gasteiger partial charge is 0.363 e. The number of esters is 1. The van der Waals surface area contributed by atoms with Gasteiger partial charge in [0.25, 0.3) is 0 Å². The van der Waals surface area contributed by atoms with Crippen molar-refractivity contribution in [1.29, 1.82) is 0 Å². The second-order valence-corrected chi connectivity index (χ2v) is 9.64. The monoisotopic (exact) mass is 433 g/mol. The van der Waals surface area contributed by atoms with Crippen molar-refractivity contribution < 1.29 is 22.1 Å². The Balaban J connectivity index is 1.96. The Morgan fingerprint density at radius 1 is 1.10 bits per heavy atom. The zero-order valence-electron chi connectivity index (χ0n) is 16.4. The summed E-state index contributed by atoms with van der Waals surface area (Å²) in [6.45, 7) is 6.32. The van der Waals surface area contributed by atoms with Gasteiger partial charge < -0.3 is 8.92 Å². The lowest BCUT2D eigenvalue weighted by molar-refractivity contribution is -0.129. The number of aliphatic imine (C=N–C) groups is 1. The fraction of sp³-hybridized carbons (Fsp3) is 0.238. The van der Waals surface area contributed by atoms with Crippen molar-refractivity contribution >= 4 is 39.7 Å². The van der Waals surface area contributed by atoms with Crippen LogP contribution in [0.25, 0.3) is 6.08 Å². The molecule has 0 radical (unpaired) electrons. The van der Waals surface area contributed by atoms with Gasteiger partial charge in [-0.1, -0.05) is 44.5 Å². The van der Waals surface area contributed by atoms with Crippen molar-refractivity contribution in [3.8, 4) is 5.75 Å². The van der Waals surface area contributed by atoms with Crippen LogP contribution in [0.4, 0.5) is 0 Å². The van der Waals surface area contributed by atoms with E-state index in [1.165, 1.54) is 24.3 Å². The summed E-state index contributed by atoms with van der Waals surface area (Å²) in [6, 6.07) is 12.0. The lowest BCUT2D eigenvalue weighted by atomic mass is 9.87. The highest BCUT2D eigenvalue weighted by Crippen LogP contribution is 2.29. The molecule has 3 rings (SSSR count). The second-order valence-electron chi connectivity index (χ2n) is 7.63. The fourth-order valence-corrected chi connectivity index (χ4v) is 3.32. The Morgan fingerprint density at radius 3 is 2.34 bits per heavy atom. The third-order valence-corrected chi connectivity index (χ3v) is 4.84. The van der Waals surface area contributed by atoms with Crippen LogP contribution in [0.1, 0.15) is 37.5 Å². The molecule has 0 spiro atoms. The number of ether oxygens (including phenoxy) is 1. The number of hydrogen-bond acceptors (Lipinski definition) is 6. The molecule has 1 aliphatic heterocycles. The molecule has 29 heavy (non-hydrogen) atoms. The first-order valence-electron chi connectivity index (χ1n) is 8.75. The highest BCUT2D eigenvalue weighted by atomic mass is 35.5. The highest BCUT2D eigenvalue weighted by Gasteiger charge is 2.25. The molecule has 2 aromatic carbocycles. The molecule has 8 heteroatoms. The molecule has 0 atom stereocenters. The molecule has 0 amide bonds. The van der Waals surface area contributed by atoms with Gasteiger partial charge in [-0.05, 0) is 47.4 Å². The van der Waals surface area contributed by atoms with Crippen LogP contribution in [0.2, 0.25) is 5.02 Å². The van der Waals surface area contributed by atoms with E-state index < -0.39 is 16.1 Å². The van der Waals surface area contributed by atoms with Crippen LogP contribution in [-0.2, 0) is 25.1 Å². The van der Waals surface area contributed by atoms with Gasteiger partial charge in [0.2, 0.25) is 5.90 Å². The van der Waals surface area contributed by atoms with Gasteiger partial charge >= 0.3 is 16.1 Å². The summed E-state index contributed by atoms with van der Waals surface area (Å²) >= 11 is 6.00. The minimum atomic E-state index is -3.75. The molecule has 0 unspecified atom stereocenters. The predicted molar refractivity (Wildman–Crippen MR) is 113 cm³/mol. The van der Waals surface area contributed by atoms with E-state index in [1.807, 2.05) is 24.3 Å². The molecular weight excluding hydrogens is 414 g/mol. The summed E-state index contributed by atoms with van der Waals surface area (Å²) in [5.74, 6) is -0.435. The van der Waals surface area contributed by atoms with E-state index in [0.717, 1.165) is 11.8 Å². The standard InChI is InChI=1S/C21H20ClNO5S/c1-21(2,3)15-7-5-13(6-8-15)19-23-17(20(24)27-19)12-14-11-16(22)9-10-18(14)28-29(4,25)26/h5-12H,1-4H3/b17-12+. The van der Waals surface area contributed by atoms with Crippen molar-refractivity contribution in [2.24, 2.45) is 4.99 Å². The molecule has 0 aromatic heterocycles. The number of cyclic esters (lactones) is 1. The van der Waals surface area contributed by atoms with Gasteiger partial charge in [-0.2, -0.15) is 8.42 Å². The summed E-state index contributed by atoms with van der Waals surface area (Å²) in [6.07, 6.45) is 2.31. The van der Waals surface area contributed by atoms with E-state index >= 15 is 0 Å². The molecule has 1 aliphatic rings. The summed E-state index contributed by atoms with van der Waals surface area (Å²) in [5, 5.41) is 0.353. The minimum absolute atomic E-state index is 0.000345. The summed E-state index contributed by atoms with van der Waals surface area (Å²) in [5.41, 5.74) is 2.11. The predicted octanol–water partition coefficient (Wildman–Crippen LogP) is 4.32. The third-order valence-electron chi connectivity index (χ3n) is 4.12. The molecule has 0 saturated heterocycles. The van der Waals surface area contributed by atoms with Crippen LogP contribution in [0.3, 0.4) is 0 Å². The number of hydrogen-bond donors (Lipinski definition) is 0. The first kappa shape index (κ1) is 21.1. The second kappa shape index (κ2) is 7.65. The Morgan fingerprint density at radius 2 is 1.76 bits per heavy atom. The Hall–Kier alpha value is -2.64. The average molecular weight is 434 g/mol. The molecule has 0 N–H and O–H groups in total. The number of benzene rings is 2. The zero-order chi connectivity index (χ0) is 21.4. The lowest BCUT2D eigenvalue weighted by Gasteiger charge is -2.18. The van der Waals surface area contributed by atoms with Gasteiger partial charge in [0, 0.05) is 16.1 Å². The number of nitrogens with zero attached hydrogens (tertiary/aromatic N) is 1. The van der Waals surface area contributed by atoms with Gasteiger partial charge in [0.15, 0.2) is 5.70 Å². The van der Waals surface area contributed by atoms with Crippen LogP contribution >= 0.6 is 11.6 Å². The van der Waals surface area contributed by atoms with Crippen LogP contribution in [0, 0.1) is 0 Å². The number of halogens is 1. The van der Waals surface area contributed by atoms with E-state index in [0.29, 0.717) is 16.1 Å². The third kappa shape index (κ3) is 5.25. The van der Waals surface area contributed by atoms with Gasteiger partial charge in [-0.3, -0.25) is 0 Å². The largest absolute Gasteiger partial charge is 0.402 e. The lowest BCUT2D eigenvalue weighted by Crippen LogP contribution is -2.11. The first-order chi connectivity index (χ1) is 13.4. The van der Waals surface area contributed by atoms with Crippen molar-refractivity contribution in [2.75, 3.05) is 6.26 Å². The van der Waals surface area contributed by atoms with Gasteiger partial charge in [-0.25, -0.2) is 9.79 Å². The summed E-state index contributed by atoms with van der Waals surface area (Å²) in [7, 11) is -3.75. The van der Waals surface area contributed by atoms with Gasteiger partial charge in [0.1, 0.15) is 5.75 Å². The molecule has 0 fully saturated rings. The maximum absolute atomic E-state index is 12.3. The quantitative estimate of drug-likeness (QED) is 0.407. The number of carbonyl (C=O) groups is 1. The first-order valence-corrected chi connectivity index (χ1v) is 10.9. The average Bonchev–Trinajstić information content (AvgIpc) is 2.96. The maximum atomic E-state index is 12.3. The van der Waals surface area contributed by atoms with Crippen LogP contribution in [0.15, 0.2) is 53.2 Å². The zero-order valence-corrected chi connectivity index (χ0v) is 18.0. The van der Waals surface area contributed by atoms with Crippen molar-refractivity contribution in [3.63, 3.8) is 0 Å². The highest BCUT2D eigenvalue weighted by molar-refractivity contribution is 7.86. The molecule has 152 valence electrons. The van der Waals surface area contributed by atoms with Gasteiger partial charge in [-0.15, -0.1) is 0 Å². The van der Waals surface area contributed by atoms with E-state index in [9.17, 15) is 13.2 Å². The molecule has 2 aromatic rings. The summed E-state index contributed by atoms with van der Waals surface area (Å²) in [4.78, 5) is 16.5. The van der Waals surface area contributed by atoms with Crippen LogP contribution in [0.5, 0.6) is 5.75 Å². The normalized spacial score (nSPS) is 16.0. The molecule has 1 heterocycles. The van der Waals surface area contributed by atoms with E-state index in [-0.39, 0.29) is 22.8 Å². The van der Waals surface area contributed by atoms with Gasteiger partial charge in [0.05, 0.1) is 6.26 Å². The fourth-order valence-electron chi connectivity index (χ4n) is 2.66. The van der Waals surface area contributed by atoms with E-state index in [4.69, 9.17) is 20.5 Å². The maximum Gasteiger partial charge on any atom is 0.363 e. The van der Waals surface area contributed by atoms with E-state index in [1.54, 1.807) is 0 Å². The number of rotatable bonds is 4. The van der Waals surface area contributed by atoms with Crippen molar-refractivity contribution in [2.45, 2.75) is 26.2 Å². The Labute approximate surface area is 174 Å². The molecule has 0 bridgehead atoms. The number of carbonyl (C=O) groups excluding carboxylic acids is 1.